The Hall–Kier alpha value is -1.64. The van der Waals surface area contributed by atoms with Crippen LogP contribution in [0.25, 0.3) is 11.0 Å². The van der Waals surface area contributed by atoms with Gasteiger partial charge in [-0.1, -0.05) is 12.1 Å². The normalized spacial score (nSPS) is 9.08. The maximum absolute atomic E-state index is 9.44. The maximum atomic E-state index is 9.44. The Bertz CT molecular complexity index is 358. The monoisotopic (exact) mass is 176 g/mol. The van der Waals surface area contributed by atoms with Crippen LogP contribution in [0.1, 0.15) is 13.8 Å². The van der Waals surface area contributed by atoms with Gasteiger partial charge < -0.3 is 9.78 Å². The lowest BCUT2D eigenvalue weighted by atomic mass is 10.3. The van der Waals surface area contributed by atoms with Crippen molar-refractivity contribution < 1.29 is 4.79 Å². The van der Waals surface area contributed by atoms with E-state index in [9.17, 15) is 4.79 Å². The number of rotatable bonds is 0. The van der Waals surface area contributed by atoms with Crippen molar-refractivity contribution in [2.45, 2.75) is 13.8 Å². The summed E-state index contributed by atoms with van der Waals surface area (Å²) in [6.07, 6.45) is 1.70. The molecule has 0 saturated heterocycles. The molecule has 2 rings (SSSR count). The highest BCUT2D eigenvalue weighted by Crippen LogP contribution is 2.05. The molecule has 0 aliphatic heterocycles. The smallest absolute Gasteiger partial charge is 0.126 e. The van der Waals surface area contributed by atoms with Crippen molar-refractivity contribution in [3.63, 3.8) is 0 Å². The summed E-state index contributed by atoms with van der Waals surface area (Å²) in [4.78, 5) is 16.5. The lowest BCUT2D eigenvalue weighted by Gasteiger charge is -1.81. The van der Waals surface area contributed by atoms with Crippen molar-refractivity contribution in [3.8, 4) is 0 Å². The second-order valence-corrected chi connectivity index (χ2v) is 2.83. The van der Waals surface area contributed by atoms with E-state index in [1.165, 1.54) is 13.8 Å². The summed E-state index contributed by atoms with van der Waals surface area (Å²) in [6, 6.07) is 7.94. The van der Waals surface area contributed by atoms with Crippen LogP contribution in [0, 0.1) is 0 Å². The number of aromatic nitrogens is 2. The van der Waals surface area contributed by atoms with Gasteiger partial charge in [-0.3, -0.25) is 0 Å². The number of H-pyrrole nitrogens is 1. The van der Waals surface area contributed by atoms with E-state index in [-0.39, 0.29) is 5.78 Å². The van der Waals surface area contributed by atoms with E-state index in [4.69, 9.17) is 0 Å². The third kappa shape index (κ3) is 3.07. The SMILES string of the molecule is CC(C)=O.c1ccc2[nH]cnc2c1. The number of ketones is 1. The number of carbonyl (C=O) groups excluding carboxylic acids is 1. The van der Waals surface area contributed by atoms with Crippen molar-refractivity contribution in [2.75, 3.05) is 0 Å². The van der Waals surface area contributed by atoms with Gasteiger partial charge >= 0.3 is 0 Å². The van der Waals surface area contributed by atoms with Crippen LogP contribution in [-0.4, -0.2) is 15.8 Å². The third-order valence-electron chi connectivity index (χ3n) is 1.33. The molecule has 68 valence electrons. The lowest BCUT2D eigenvalue weighted by Crippen LogP contribution is -1.69. The Balaban J connectivity index is 0.000000184. The summed E-state index contributed by atoms with van der Waals surface area (Å²) >= 11 is 0. The first kappa shape index (κ1) is 9.45. The van der Waals surface area contributed by atoms with Crippen molar-refractivity contribution in [2.24, 2.45) is 0 Å². The first-order valence-electron chi connectivity index (χ1n) is 4.05. The van der Waals surface area contributed by atoms with Gasteiger partial charge in [0, 0.05) is 0 Å². The van der Waals surface area contributed by atoms with Gasteiger partial charge in [-0.25, -0.2) is 4.98 Å². The Kier molecular flexibility index (Phi) is 3.20. The molecule has 1 aromatic heterocycles. The second kappa shape index (κ2) is 4.40. The molecule has 2 aromatic rings. The molecule has 0 aliphatic carbocycles. The summed E-state index contributed by atoms with van der Waals surface area (Å²) in [7, 11) is 0. The maximum Gasteiger partial charge on any atom is 0.126 e. The summed E-state index contributed by atoms with van der Waals surface area (Å²) in [5, 5.41) is 0. The Morgan fingerprint density at radius 3 is 2.54 bits per heavy atom. The minimum atomic E-state index is 0.167. The second-order valence-electron chi connectivity index (χ2n) is 2.83. The van der Waals surface area contributed by atoms with Gasteiger partial charge in [-0.05, 0) is 26.0 Å². The molecular weight excluding hydrogens is 164 g/mol. The fourth-order valence-corrected chi connectivity index (χ4v) is 0.880. The molecule has 0 aliphatic rings. The molecule has 3 nitrogen and oxygen atoms in total. The molecule has 0 radical (unpaired) electrons. The van der Waals surface area contributed by atoms with E-state index in [0.717, 1.165) is 11.0 Å². The quantitative estimate of drug-likeness (QED) is 0.668. The highest BCUT2D eigenvalue weighted by atomic mass is 16.1. The molecule has 1 aromatic carbocycles. The number of nitrogens with one attached hydrogen (secondary N) is 1. The molecule has 0 amide bonds. The molecular formula is C10H12N2O. The van der Waals surface area contributed by atoms with Crippen LogP contribution in [0.4, 0.5) is 0 Å². The highest BCUT2D eigenvalue weighted by Gasteiger charge is 1.88. The van der Waals surface area contributed by atoms with Crippen molar-refractivity contribution in [1.82, 2.24) is 9.97 Å². The number of hydrogen-bond acceptors (Lipinski definition) is 2. The van der Waals surface area contributed by atoms with E-state index in [1.807, 2.05) is 24.3 Å². The topological polar surface area (TPSA) is 45.8 Å². The molecule has 1 heterocycles. The Morgan fingerprint density at radius 1 is 1.31 bits per heavy atom. The molecule has 1 N–H and O–H groups in total. The number of aromatic amines is 1. The summed E-state index contributed by atoms with van der Waals surface area (Å²) < 4.78 is 0. The molecule has 0 saturated carbocycles. The van der Waals surface area contributed by atoms with Gasteiger partial charge in [-0.15, -0.1) is 0 Å². The summed E-state index contributed by atoms with van der Waals surface area (Å²) in [5.41, 5.74) is 2.12. The summed E-state index contributed by atoms with van der Waals surface area (Å²) in [5.74, 6) is 0.167. The number of para-hydroxylation sites is 2. The van der Waals surface area contributed by atoms with Crippen LogP contribution in [0.15, 0.2) is 30.6 Å². The van der Waals surface area contributed by atoms with E-state index in [1.54, 1.807) is 6.33 Å². The minimum Gasteiger partial charge on any atom is -0.345 e. The van der Waals surface area contributed by atoms with Gasteiger partial charge in [0.2, 0.25) is 0 Å². The first-order valence-corrected chi connectivity index (χ1v) is 4.05. The standard InChI is InChI=1S/C7H6N2.C3H6O/c1-2-4-7-6(3-1)8-5-9-7;1-3(2)4/h1-5H,(H,8,9);1-2H3. The predicted octanol–water partition coefficient (Wildman–Crippen LogP) is 2.16. The van der Waals surface area contributed by atoms with Gasteiger partial charge in [0.05, 0.1) is 17.4 Å². The zero-order valence-corrected chi connectivity index (χ0v) is 7.74. The zero-order valence-electron chi connectivity index (χ0n) is 7.74. The molecule has 13 heavy (non-hydrogen) atoms. The van der Waals surface area contributed by atoms with Gasteiger partial charge in [0.25, 0.3) is 0 Å². The number of fused-ring (bicyclic) bond motifs is 1. The van der Waals surface area contributed by atoms with Crippen molar-refractivity contribution in [1.29, 1.82) is 0 Å². The number of Topliss-reactive ketones (excluding diaryl/α,β-unsaturated/α-hetero) is 1. The van der Waals surface area contributed by atoms with E-state index in [2.05, 4.69) is 9.97 Å². The Labute approximate surface area is 76.8 Å². The molecule has 0 unspecified atom stereocenters. The van der Waals surface area contributed by atoms with Crippen LogP contribution in [-0.2, 0) is 4.79 Å². The highest BCUT2D eigenvalue weighted by molar-refractivity contribution is 5.73. The fourth-order valence-electron chi connectivity index (χ4n) is 0.880. The number of carbonyl (C=O) groups is 1. The van der Waals surface area contributed by atoms with Crippen LogP contribution < -0.4 is 0 Å². The van der Waals surface area contributed by atoms with E-state index >= 15 is 0 Å². The van der Waals surface area contributed by atoms with Crippen LogP contribution >= 0.6 is 0 Å². The van der Waals surface area contributed by atoms with E-state index < -0.39 is 0 Å². The van der Waals surface area contributed by atoms with Crippen molar-refractivity contribution in [3.05, 3.63) is 30.6 Å². The molecule has 0 spiro atoms. The lowest BCUT2D eigenvalue weighted by molar-refractivity contribution is -0.114. The molecule has 0 atom stereocenters. The third-order valence-corrected chi connectivity index (χ3v) is 1.33. The number of nitrogens with zero attached hydrogens (tertiary/aromatic N) is 1. The van der Waals surface area contributed by atoms with Crippen LogP contribution in [0.5, 0.6) is 0 Å². The average molecular weight is 176 g/mol. The largest absolute Gasteiger partial charge is 0.345 e. The minimum absolute atomic E-state index is 0.167. The van der Waals surface area contributed by atoms with Crippen LogP contribution in [0.3, 0.4) is 0 Å². The molecule has 0 fully saturated rings. The molecule has 3 heteroatoms. The predicted molar refractivity (Wildman–Crippen MR) is 52.4 cm³/mol. The van der Waals surface area contributed by atoms with Gasteiger partial charge in [-0.2, -0.15) is 0 Å². The Morgan fingerprint density at radius 2 is 1.92 bits per heavy atom. The average Bonchev–Trinajstić information content (AvgIpc) is 2.49. The van der Waals surface area contributed by atoms with Crippen LogP contribution in [0.2, 0.25) is 0 Å². The first-order chi connectivity index (χ1) is 6.20. The number of hydrogen-bond donors (Lipinski definition) is 1. The van der Waals surface area contributed by atoms with E-state index in [0.29, 0.717) is 0 Å². The van der Waals surface area contributed by atoms with Gasteiger partial charge in [0.1, 0.15) is 5.78 Å². The number of imidazole rings is 1. The van der Waals surface area contributed by atoms with Gasteiger partial charge in [0.15, 0.2) is 0 Å². The number of benzene rings is 1. The molecule has 0 bridgehead atoms. The summed E-state index contributed by atoms with van der Waals surface area (Å²) in [6.45, 7) is 3.06. The zero-order chi connectivity index (χ0) is 9.68. The van der Waals surface area contributed by atoms with Crippen molar-refractivity contribution >= 4 is 16.8 Å². The fraction of sp³-hybridized carbons (Fsp3) is 0.200.